The summed E-state index contributed by atoms with van der Waals surface area (Å²) in [5.74, 6) is -0.583. The zero-order valence-corrected chi connectivity index (χ0v) is 16.7. The van der Waals surface area contributed by atoms with Gasteiger partial charge in [-0.2, -0.15) is 14.5 Å². The molecule has 10 heteroatoms. The molecule has 30 heavy (non-hydrogen) atoms. The van der Waals surface area contributed by atoms with Crippen molar-refractivity contribution in [2.24, 2.45) is 0 Å². The highest BCUT2D eigenvalue weighted by Gasteiger charge is 2.26. The monoisotopic (exact) mass is 414 g/mol. The van der Waals surface area contributed by atoms with Gasteiger partial charge >= 0.3 is 6.09 Å². The number of rotatable bonds is 5. The highest BCUT2D eigenvalue weighted by Crippen LogP contribution is 2.30. The second-order valence-corrected chi connectivity index (χ2v) is 7.48. The molecule has 0 aliphatic carbocycles. The van der Waals surface area contributed by atoms with E-state index in [9.17, 15) is 9.90 Å². The molecule has 1 fully saturated rings. The van der Waals surface area contributed by atoms with Crippen molar-refractivity contribution in [3.8, 4) is 17.3 Å². The number of aromatic nitrogens is 4. The van der Waals surface area contributed by atoms with Gasteiger partial charge in [0.15, 0.2) is 11.6 Å². The Morgan fingerprint density at radius 2 is 2.20 bits per heavy atom. The average molecular weight is 414 g/mol. The number of piperidine rings is 1. The smallest absolute Gasteiger partial charge is 0.407 e. The minimum Gasteiger partial charge on any atom is -0.473 e. The minimum atomic E-state index is -0.986. The van der Waals surface area contributed by atoms with Crippen LogP contribution in [0.1, 0.15) is 26.7 Å². The third kappa shape index (κ3) is 3.98. The first-order chi connectivity index (χ1) is 14.4. The van der Waals surface area contributed by atoms with E-state index in [0.29, 0.717) is 24.9 Å². The summed E-state index contributed by atoms with van der Waals surface area (Å²) >= 11 is 0. The van der Waals surface area contributed by atoms with E-state index < -0.39 is 11.9 Å². The summed E-state index contributed by atoms with van der Waals surface area (Å²) in [7, 11) is 0. The van der Waals surface area contributed by atoms with Gasteiger partial charge in [-0.05, 0) is 38.8 Å². The quantitative estimate of drug-likeness (QED) is 0.660. The van der Waals surface area contributed by atoms with E-state index in [0.717, 1.165) is 5.52 Å². The van der Waals surface area contributed by atoms with Gasteiger partial charge in [-0.1, -0.05) is 6.07 Å². The van der Waals surface area contributed by atoms with Crippen LogP contribution in [-0.2, 0) is 0 Å². The molecule has 0 bridgehead atoms. The normalized spacial score (nSPS) is 16.8. The van der Waals surface area contributed by atoms with Crippen molar-refractivity contribution in [2.75, 3.05) is 18.4 Å². The second-order valence-electron chi connectivity index (χ2n) is 7.48. The fourth-order valence-electron chi connectivity index (χ4n) is 3.51. The standard InChI is InChI=1S/C20H23FN6O3/c1-12(2)30-19-16(21)18(23-13-6-5-8-26(11-13)20(28)29)24-17(25-19)14-10-22-27-9-4-3-7-15(14)27/h3-4,7,9-10,12-13H,5-6,8,11H2,1-2H3,(H,28,29)(H,23,24,25)/t13-/m1/s1. The van der Waals surface area contributed by atoms with E-state index in [1.54, 1.807) is 30.8 Å². The molecule has 1 amide bonds. The summed E-state index contributed by atoms with van der Waals surface area (Å²) in [6.45, 7) is 4.30. The predicted octanol–water partition coefficient (Wildman–Crippen LogP) is 3.27. The fourth-order valence-corrected chi connectivity index (χ4v) is 3.51. The zero-order chi connectivity index (χ0) is 21.3. The highest BCUT2D eigenvalue weighted by molar-refractivity contribution is 5.76. The van der Waals surface area contributed by atoms with E-state index in [4.69, 9.17) is 4.74 Å². The molecule has 0 unspecified atom stereocenters. The molecule has 4 rings (SSSR count). The lowest BCUT2D eigenvalue weighted by Gasteiger charge is -2.31. The Balaban J connectivity index is 1.72. The van der Waals surface area contributed by atoms with E-state index in [1.165, 1.54) is 4.90 Å². The SMILES string of the molecule is CC(C)Oc1nc(-c2cnn3ccccc23)nc(N[C@@H]2CCCN(C(=O)O)C2)c1F. The number of nitrogens with one attached hydrogen (secondary N) is 1. The van der Waals surface area contributed by atoms with Crippen LogP contribution in [0, 0.1) is 5.82 Å². The Morgan fingerprint density at radius 3 is 2.97 bits per heavy atom. The van der Waals surface area contributed by atoms with Crippen molar-refractivity contribution in [1.29, 1.82) is 0 Å². The van der Waals surface area contributed by atoms with E-state index >= 15 is 4.39 Å². The lowest BCUT2D eigenvalue weighted by Crippen LogP contribution is -2.44. The number of carbonyl (C=O) groups is 1. The number of hydrogen-bond donors (Lipinski definition) is 2. The van der Waals surface area contributed by atoms with Crippen molar-refractivity contribution < 1.29 is 19.0 Å². The van der Waals surface area contributed by atoms with E-state index in [-0.39, 0.29) is 36.2 Å². The van der Waals surface area contributed by atoms with Gasteiger partial charge in [-0.3, -0.25) is 0 Å². The number of halogens is 1. The molecule has 158 valence electrons. The number of pyridine rings is 1. The first-order valence-electron chi connectivity index (χ1n) is 9.83. The van der Waals surface area contributed by atoms with Gasteiger partial charge in [0.05, 0.1) is 23.4 Å². The van der Waals surface area contributed by atoms with Crippen molar-refractivity contribution in [1.82, 2.24) is 24.5 Å². The van der Waals surface area contributed by atoms with Crippen molar-refractivity contribution >= 4 is 17.4 Å². The van der Waals surface area contributed by atoms with Crippen LogP contribution in [0.3, 0.4) is 0 Å². The predicted molar refractivity (Wildman–Crippen MR) is 108 cm³/mol. The third-order valence-corrected chi connectivity index (χ3v) is 4.87. The van der Waals surface area contributed by atoms with Gasteiger partial charge in [0.2, 0.25) is 5.82 Å². The molecule has 3 aromatic heterocycles. The maximum atomic E-state index is 15.1. The van der Waals surface area contributed by atoms with Crippen LogP contribution in [0.5, 0.6) is 5.88 Å². The summed E-state index contributed by atoms with van der Waals surface area (Å²) in [5.41, 5.74) is 1.42. The summed E-state index contributed by atoms with van der Waals surface area (Å²) in [4.78, 5) is 21.3. The largest absolute Gasteiger partial charge is 0.473 e. The average Bonchev–Trinajstić information content (AvgIpc) is 3.15. The molecule has 1 aliphatic heterocycles. The Kier molecular flexibility index (Phi) is 5.39. The number of nitrogens with zero attached hydrogens (tertiary/aromatic N) is 5. The lowest BCUT2D eigenvalue weighted by atomic mass is 10.1. The molecule has 1 atom stereocenters. The zero-order valence-electron chi connectivity index (χ0n) is 16.7. The molecule has 9 nitrogen and oxygen atoms in total. The van der Waals surface area contributed by atoms with E-state index in [1.807, 2.05) is 18.2 Å². The molecule has 4 heterocycles. The minimum absolute atomic E-state index is 0.0110. The van der Waals surface area contributed by atoms with Crippen LogP contribution in [0.25, 0.3) is 16.9 Å². The van der Waals surface area contributed by atoms with Gasteiger partial charge in [-0.15, -0.1) is 0 Å². The highest BCUT2D eigenvalue weighted by atomic mass is 19.1. The number of fused-ring (bicyclic) bond motifs is 1. The van der Waals surface area contributed by atoms with Crippen LogP contribution in [-0.4, -0.2) is 60.9 Å². The number of anilines is 1. The van der Waals surface area contributed by atoms with Crippen molar-refractivity contribution in [3.05, 3.63) is 36.4 Å². The topological polar surface area (TPSA) is 105 Å². The molecule has 2 N–H and O–H groups in total. The molecule has 0 spiro atoms. The molecular weight excluding hydrogens is 391 g/mol. The first kappa shape index (κ1) is 19.9. The van der Waals surface area contributed by atoms with Gasteiger partial charge < -0.3 is 20.1 Å². The summed E-state index contributed by atoms with van der Waals surface area (Å²) in [5, 5.41) is 16.6. The Labute approximate surface area is 172 Å². The molecule has 1 saturated heterocycles. The maximum Gasteiger partial charge on any atom is 0.407 e. The third-order valence-electron chi connectivity index (χ3n) is 4.87. The maximum absolute atomic E-state index is 15.1. The summed E-state index contributed by atoms with van der Waals surface area (Å²) < 4.78 is 22.4. The van der Waals surface area contributed by atoms with Crippen LogP contribution in [0.2, 0.25) is 0 Å². The van der Waals surface area contributed by atoms with Crippen LogP contribution < -0.4 is 10.1 Å². The molecule has 0 aromatic carbocycles. The van der Waals surface area contributed by atoms with Crippen LogP contribution in [0.4, 0.5) is 15.0 Å². The van der Waals surface area contributed by atoms with Crippen LogP contribution in [0.15, 0.2) is 30.6 Å². The Morgan fingerprint density at radius 1 is 1.37 bits per heavy atom. The summed E-state index contributed by atoms with van der Waals surface area (Å²) in [6, 6.07) is 5.34. The number of amides is 1. The molecule has 3 aromatic rings. The van der Waals surface area contributed by atoms with Crippen molar-refractivity contribution in [2.45, 2.75) is 38.8 Å². The van der Waals surface area contributed by atoms with Gasteiger partial charge in [0, 0.05) is 25.3 Å². The molecule has 0 radical (unpaired) electrons. The molecular formula is C20H23FN6O3. The Bertz CT molecular complexity index is 1070. The lowest BCUT2D eigenvalue weighted by molar-refractivity contribution is 0.132. The molecule has 1 aliphatic rings. The molecule has 0 saturated carbocycles. The van der Waals surface area contributed by atoms with Crippen LogP contribution >= 0.6 is 0 Å². The Hall–Kier alpha value is -3.43. The van der Waals surface area contributed by atoms with Gasteiger partial charge in [-0.25, -0.2) is 14.3 Å². The fraction of sp³-hybridized carbons (Fsp3) is 0.400. The number of likely N-dealkylation sites (tertiary alicyclic amines) is 1. The van der Waals surface area contributed by atoms with Crippen molar-refractivity contribution in [3.63, 3.8) is 0 Å². The van der Waals surface area contributed by atoms with Gasteiger partial charge in [0.25, 0.3) is 5.88 Å². The number of carboxylic acid groups (broad SMARTS) is 1. The number of ether oxygens (including phenoxy) is 1. The van der Waals surface area contributed by atoms with E-state index in [2.05, 4.69) is 20.4 Å². The second kappa shape index (κ2) is 8.13. The number of hydrogen-bond acceptors (Lipinski definition) is 6. The van der Waals surface area contributed by atoms with Gasteiger partial charge in [0.1, 0.15) is 0 Å². The first-order valence-corrected chi connectivity index (χ1v) is 9.83. The summed E-state index contributed by atoms with van der Waals surface area (Å²) in [6.07, 6.45) is 3.55.